The van der Waals surface area contributed by atoms with E-state index in [1.165, 1.54) is 11.3 Å². The zero-order chi connectivity index (χ0) is 12.1. The van der Waals surface area contributed by atoms with E-state index in [-0.39, 0.29) is 0 Å². The van der Waals surface area contributed by atoms with Gasteiger partial charge in [-0.25, -0.2) is 4.98 Å². The Morgan fingerprint density at radius 2 is 2.35 bits per heavy atom. The predicted molar refractivity (Wildman–Crippen MR) is 71.7 cm³/mol. The van der Waals surface area contributed by atoms with Gasteiger partial charge in [0, 0.05) is 5.69 Å². The second-order valence-corrected chi connectivity index (χ2v) is 4.49. The molecular formula is C14H21N3. The van der Waals surface area contributed by atoms with E-state index in [1.807, 2.05) is 0 Å². The molecule has 0 bridgehead atoms. The van der Waals surface area contributed by atoms with Gasteiger partial charge in [0.2, 0.25) is 0 Å². The Balaban J connectivity index is 2.07. The first kappa shape index (κ1) is 12.1. The van der Waals surface area contributed by atoms with E-state index in [0.717, 1.165) is 43.9 Å². The first-order chi connectivity index (χ1) is 8.31. The molecule has 0 aliphatic heterocycles. The van der Waals surface area contributed by atoms with Crippen molar-refractivity contribution in [3.63, 3.8) is 0 Å². The summed E-state index contributed by atoms with van der Waals surface area (Å²) in [7, 11) is 0. The Hall–Kier alpha value is -1.35. The summed E-state index contributed by atoms with van der Waals surface area (Å²) >= 11 is 0. The summed E-state index contributed by atoms with van der Waals surface area (Å²) in [6.07, 6.45) is 9.89. The molecule has 0 saturated carbocycles. The quantitative estimate of drug-likeness (QED) is 0.765. The zero-order valence-electron chi connectivity index (χ0n) is 10.7. The molecule has 2 rings (SSSR count). The van der Waals surface area contributed by atoms with Crippen molar-refractivity contribution in [1.82, 2.24) is 15.3 Å². The van der Waals surface area contributed by atoms with E-state index in [9.17, 15) is 0 Å². The van der Waals surface area contributed by atoms with E-state index in [2.05, 4.69) is 47.4 Å². The molecule has 2 N–H and O–H groups in total. The normalized spacial score (nSPS) is 15.1. The van der Waals surface area contributed by atoms with Gasteiger partial charge in [-0.05, 0) is 38.3 Å². The minimum absolute atomic E-state index is 0.831. The van der Waals surface area contributed by atoms with Crippen LogP contribution in [0.1, 0.15) is 43.4 Å². The summed E-state index contributed by atoms with van der Waals surface area (Å²) < 4.78 is 0. The van der Waals surface area contributed by atoms with Crippen molar-refractivity contribution in [3.05, 3.63) is 35.4 Å². The fourth-order valence-electron chi connectivity index (χ4n) is 2.10. The molecule has 0 fully saturated rings. The molecule has 0 unspecified atom stereocenters. The third-order valence-electron chi connectivity index (χ3n) is 2.97. The molecule has 0 saturated heterocycles. The van der Waals surface area contributed by atoms with E-state index >= 15 is 0 Å². The molecule has 17 heavy (non-hydrogen) atoms. The number of imidazole rings is 1. The van der Waals surface area contributed by atoms with Crippen LogP contribution in [0.4, 0.5) is 0 Å². The minimum atomic E-state index is 0.831. The molecule has 0 amide bonds. The number of H-pyrrole nitrogens is 1. The van der Waals surface area contributed by atoms with Crippen LogP contribution in [0.2, 0.25) is 0 Å². The fraction of sp³-hybridized carbons (Fsp3) is 0.500. The van der Waals surface area contributed by atoms with Crippen LogP contribution in [0.25, 0.3) is 5.57 Å². The van der Waals surface area contributed by atoms with Gasteiger partial charge in [0.05, 0.1) is 12.2 Å². The molecule has 0 radical (unpaired) electrons. The SMILES string of the molecule is CCCNCc1nc(C2=CC=CCC2)c(C)[nH]1. The van der Waals surface area contributed by atoms with Crippen molar-refractivity contribution in [1.29, 1.82) is 0 Å². The Kier molecular flexibility index (Phi) is 4.15. The maximum atomic E-state index is 4.69. The van der Waals surface area contributed by atoms with Crippen molar-refractivity contribution in [2.24, 2.45) is 0 Å². The smallest absolute Gasteiger partial charge is 0.120 e. The van der Waals surface area contributed by atoms with Crippen molar-refractivity contribution in [2.75, 3.05) is 6.54 Å². The third kappa shape index (κ3) is 3.07. The molecule has 3 heteroatoms. The lowest BCUT2D eigenvalue weighted by Crippen LogP contribution is -2.14. The van der Waals surface area contributed by atoms with E-state index in [0.29, 0.717) is 0 Å². The highest BCUT2D eigenvalue weighted by atomic mass is 15.0. The number of aromatic nitrogens is 2. The molecule has 3 nitrogen and oxygen atoms in total. The topological polar surface area (TPSA) is 40.7 Å². The van der Waals surface area contributed by atoms with Gasteiger partial charge in [-0.1, -0.05) is 25.2 Å². The Bertz CT molecular complexity index is 427. The van der Waals surface area contributed by atoms with Gasteiger partial charge in [-0.3, -0.25) is 0 Å². The average molecular weight is 231 g/mol. The lowest BCUT2D eigenvalue weighted by Gasteiger charge is -2.06. The summed E-state index contributed by atoms with van der Waals surface area (Å²) in [5, 5.41) is 3.37. The largest absolute Gasteiger partial charge is 0.344 e. The number of aromatic amines is 1. The Labute approximate surface area is 103 Å². The molecular weight excluding hydrogens is 210 g/mol. The monoisotopic (exact) mass is 231 g/mol. The number of nitrogens with zero attached hydrogens (tertiary/aromatic N) is 1. The highest BCUT2D eigenvalue weighted by Crippen LogP contribution is 2.24. The molecule has 0 aromatic carbocycles. The van der Waals surface area contributed by atoms with Gasteiger partial charge in [0.15, 0.2) is 0 Å². The second kappa shape index (κ2) is 5.82. The molecule has 92 valence electrons. The van der Waals surface area contributed by atoms with Crippen LogP contribution in [0.15, 0.2) is 18.2 Å². The highest BCUT2D eigenvalue weighted by molar-refractivity contribution is 5.67. The summed E-state index contributed by atoms with van der Waals surface area (Å²) in [6, 6.07) is 0. The van der Waals surface area contributed by atoms with Gasteiger partial charge >= 0.3 is 0 Å². The van der Waals surface area contributed by atoms with Crippen LogP contribution >= 0.6 is 0 Å². The second-order valence-electron chi connectivity index (χ2n) is 4.49. The lowest BCUT2D eigenvalue weighted by molar-refractivity contribution is 0.654. The van der Waals surface area contributed by atoms with Gasteiger partial charge in [0.1, 0.15) is 5.82 Å². The standard InChI is InChI=1S/C14H21N3/c1-3-9-15-10-13-16-11(2)14(17-13)12-7-5-4-6-8-12/h4-5,7,15H,3,6,8-10H2,1-2H3,(H,16,17). The van der Waals surface area contributed by atoms with Gasteiger partial charge in [0.25, 0.3) is 0 Å². The van der Waals surface area contributed by atoms with Gasteiger partial charge in [-0.15, -0.1) is 0 Å². The van der Waals surface area contributed by atoms with Gasteiger partial charge < -0.3 is 10.3 Å². The number of nitrogens with one attached hydrogen (secondary N) is 2. The molecule has 1 heterocycles. The summed E-state index contributed by atoms with van der Waals surface area (Å²) in [5.74, 6) is 1.04. The maximum absolute atomic E-state index is 4.69. The maximum Gasteiger partial charge on any atom is 0.120 e. The zero-order valence-corrected chi connectivity index (χ0v) is 10.7. The van der Waals surface area contributed by atoms with Gasteiger partial charge in [-0.2, -0.15) is 0 Å². The fourth-order valence-corrected chi connectivity index (χ4v) is 2.10. The minimum Gasteiger partial charge on any atom is -0.344 e. The predicted octanol–water partition coefficient (Wildman–Crippen LogP) is 2.95. The number of rotatable bonds is 5. The van der Waals surface area contributed by atoms with Crippen LogP contribution in [-0.4, -0.2) is 16.5 Å². The van der Waals surface area contributed by atoms with Crippen molar-refractivity contribution < 1.29 is 0 Å². The van der Waals surface area contributed by atoms with Crippen molar-refractivity contribution in [3.8, 4) is 0 Å². The number of hydrogen-bond donors (Lipinski definition) is 2. The number of hydrogen-bond acceptors (Lipinski definition) is 2. The molecule has 0 atom stereocenters. The summed E-state index contributed by atoms with van der Waals surface area (Å²) in [6.45, 7) is 6.15. The highest BCUT2D eigenvalue weighted by Gasteiger charge is 2.11. The third-order valence-corrected chi connectivity index (χ3v) is 2.97. The van der Waals surface area contributed by atoms with Crippen molar-refractivity contribution in [2.45, 2.75) is 39.7 Å². The van der Waals surface area contributed by atoms with Crippen molar-refractivity contribution >= 4 is 5.57 Å². The van der Waals surface area contributed by atoms with E-state index < -0.39 is 0 Å². The van der Waals surface area contributed by atoms with Crippen LogP contribution in [0, 0.1) is 6.92 Å². The first-order valence-electron chi connectivity index (χ1n) is 6.43. The summed E-state index contributed by atoms with van der Waals surface area (Å²) in [5.41, 5.74) is 3.67. The van der Waals surface area contributed by atoms with Crippen LogP contribution in [-0.2, 0) is 6.54 Å². The molecule has 0 spiro atoms. The van der Waals surface area contributed by atoms with Crippen LogP contribution in [0.3, 0.4) is 0 Å². The first-order valence-corrected chi connectivity index (χ1v) is 6.43. The average Bonchev–Trinajstić information content (AvgIpc) is 2.72. The molecule has 1 aromatic rings. The van der Waals surface area contributed by atoms with E-state index in [4.69, 9.17) is 0 Å². The number of allylic oxidation sites excluding steroid dienone is 4. The Morgan fingerprint density at radius 1 is 1.47 bits per heavy atom. The molecule has 1 aromatic heterocycles. The van der Waals surface area contributed by atoms with E-state index in [1.54, 1.807) is 0 Å². The molecule has 1 aliphatic rings. The number of aryl methyl sites for hydroxylation is 1. The lowest BCUT2D eigenvalue weighted by atomic mass is 10.0. The molecule has 1 aliphatic carbocycles. The van der Waals surface area contributed by atoms with Crippen LogP contribution < -0.4 is 5.32 Å². The Morgan fingerprint density at radius 3 is 3.06 bits per heavy atom. The van der Waals surface area contributed by atoms with Crippen LogP contribution in [0.5, 0.6) is 0 Å². The summed E-state index contributed by atoms with van der Waals surface area (Å²) in [4.78, 5) is 8.05.